The Morgan fingerprint density at radius 3 is 1.93 bits per heavy atom. The summed E-state index contributed by atoms with van der Waals surface area (Å²) < 4.78 is 0. The minimum Gasteiger partial charge on any atom is -0.339 e. The van der Waals surface area contributed by atoms with Crippen LogP contribution in [0.1, 0.15) is 31.4 Å². The lowest BCUT2D eigenvalue weighted by atomic mass is 9.66. The van der Waals surface area contributed by atoms with Crippen molar-refractivity contribution in [2.75, 3.05) is 46.3 Å². The fourth-order valence-electron chi connectivity index (χ4n) is 5.31. The molecule has 0 radical (unpaired) electrons. The fraction of sp³-hybridized carbons (Fsp3) is 0.500. The first kappa shape index (κ1) is 21.1. The van der Waals surface area contributed by atoms with Crippen LogP contribution < -0.4 is 0 Å². The average molecular weight is 406 g/mol. The van der Waals surface area contributed by atoms with Crippen molar-refractivity contribution >= 4 is 5.91 Å². The van der Waals surface area contributed by atoms with Gasteiger partial charge in [-0.05, 0) is 45.0 Å². The number of likely N-dealkylation sites (N-methyl/N-ethyl adjacent to an activating group) is 1. The average Bonchev–Trinajstić information content (AvgIpc) is 3.08. The van der Waals surface area contributed by atoms with Gasteiger partial charge in [-0.25, -0.2) is 0 Å². The number of nitrogens with zero attached hydrogens (tertiary/aromatic N) is 3. The van der Waals surface area contributed by atoms with Crippen molar-refractivity contribution in [1.82, 2.24) is 14.7 Å². The predicted octanol–water partition coefficient (Wildman–Crippen LogP) is 3.48. The van der Waals surface area contributed by atoms with E-state index < -0.39 is 5.41 Å². The van der Waals surface area contributed by atoms with Crippen LogP contribution in [0.5, 0.6) is 0 Å². The molecule has 4 heteroatoms. The molecule has 2 aromatic carbocycles. The zero-order valence-electron chi connectivity index (χ0n) is 18.6. The SMILES string of the molecule is CC(C)N1C[C@@H](CCN2CCN(C)CC2)C(c2ccccc2)(c2ccccc2)C1=O. The van der Waals surface area contributed by atoms with E-state index in [1.807, 2.05) is 12.1 Å². The van der Waals surface area contributed by atoms with Gasteiger partial charge >= 0.3 is 0 Å². The quantitative estimate of drug-likeness (QED) is 0.736. The van der Waals surface area contributed by atoms with Crippen LogP contribution in [0.2, 0.25) is 0 Å². The summed E-state index contributed by atoms with van der Waals surface area (Å²) in [5.41, 5.74) is 1.67. The molecule has 2 aliphatic rings. The van der Waals surface area contributed by atoms with Gasteiger partial charge in [-0.3, -0.25) is 4.79 Å². The van der Waals surface area contributed by atoms with Crippen LogP contribution in [0.3, 0.4) is 0 Å². The number of amides is 1. The van der Waals surface area contributed by atoms with Gasteiger partial charge in [0.2, 0.25) is 5.91 Å². The van der Waals surface area contributed by atoms with Crippen molar-refractivity contribution < 1.29 is 4.79 Å². The van der Waals surface area contributed by atoms with E-state index in [1.54, 1.807) is 0 Å². The molecule has 0 bridgehead atoms. The molecule has 0 N–H and O–H groups in total. The molecule has 0 unspecified atom stereocenters. The van der Waals surface area contributed by atoms with Gasteiger partial charge in [-0.15, -0.1) is 0 Å². The Bertz CT molecular complexity index is 788. The van der Waals surface area contributed by atoms with Crippen LogP contribution in [0.4, 0.5) is 0 Å². The smallest absolute Gasteiger partial charge is 0.238 e. The summed E-state index contributed by atoms with van der Waals surface area (Å²) in [6.45, 7) is 10.7. The normalized spacial score (nSPS) is 22.7. The van der Waals surface area contributed by atoms with Gasteiger partial charge in [0.1, 0.15) is 5.41 Å². The van der Waals surface area contributed by atoms with E-state index in [4.69, 9.17) is 0 Å². The van der Waals surface area contributed by atoms with E-state index >= 15 is 0 Å². The summed E-state index contributed by atoms with van der Waals surface area (Å²) in [5.74, 6) is 0.523. The highest BCUT2D eigenvalue weighted by atomic mass is 16.2. The van der Waals surface area contributed by atoms with Crippen LogP contribution in [0.15, 0.2) is 60.7 Å². The van der Waals surface area contributed by atoms with E-state index in [0.717, 1.165) is 56.8 Å². The number of hydrogen-bond acceptors (Lipinski definition) is 3. The zero-order chi connectivity index (χ0) is 21.1. The van der Waals surface area contributed by atoms with Gasteiger partial charge in [-0.1, -0.05) is 60.7 Å². The van der Waals surface area contributed by atoms with E-state index in [-0.39, 0.29) is 17.9 Å². The Morgan fingerprint density at radius 1 is 0.900 bits per heavy atom. The van der Waals surface area contributed by atoms with Crippen molar-refractivity contribution in [3.05, 3.63) is 71.8 Å². The highest BCUT2D eigenvalue weighted by Gasteiger charge is 2.56. The molecule has 1 amide bonds. The summed E-state index contributed by atoms with van der Waals surface area (Å²) in [7, 11) is 2.20. The first-order chi connectivity index (χ1) is 14.5. The molecule has 2 fully saturated rings. The van der Waals surface area contributed by atoms with Crippen molar-refractivity contribution in [3.63, 3.8) is 0 Å². The molecule has 2 aromatic rings. The largest absolute Gasteiger partial charge is 0.339 e. The molecule has 2 saturated heterocycles. The molecular formula is C26H35N3O. The summed E-state index contributed by atoms with van der Waals surface area (Å²) in [6.07, 6.45) is 1.03. The van der Waals surface area contributed by atoms with Gasteiger partial charge in [0.25, 0.3) is 0 Å². The van der Waals surface area contributed by atoms with E-state index in [2.05, 4.69) is 84.1 Å². The third kappa shape index (κ3) is 3.79. The van der Waals surface area contributed by atoms with Crippen molar-refractivity contribution in [2.24, 2.45) is 5.92 Å². The standard InChI is InChI=1S/C26H35N3O/c1-21(2)29-20-24(14-15-28-18-16-27(3)17-19-28)26(25(29)30,22-10-6-4-7-11-22)23-12-8-5-9-13-23/h4-13,21,24H,14-20H2,1-3H3/t24-/m1/s1. The maximum Gasteiger partial charge on any atom is 0.238 e. The number of hydrogen-bond donors (Lipinski definition) is 0. The molecule has 30 heavy (non-hydrogen) atoms. The third-order valence-electron chi connectivity index (χ3n) is 7.10. The third-order valence-corrected chi connectivity index (χ3v) is 7.10. The van der Waals surface area contributed by atoms with Crippen LogP contribution in [0, 0.1) is 5.92 Å². The summed E-state index contributed by atoms with van der Waals surface area (Å²) >= 11 is 0. The molecule has 0 spiro atoms. The minimum absolute atomic E-state index is 0.206. The van der Waals surface area contributed by atoms with E-state index in [9.17, 15) is 4.79 Å². The number of benzene rings is 2. The topological polar surface area (TPSA) is 26.8 Å². The first-order valence-corrected chi connectivity index (χ1v) is 11.4. The molecule has 1 atom stereocenters. The molecule has 160 valence electrons. The Balaban J connectivity index is 1.72. The lowest BCUT2D eigenvalue weighted by Gasteiger charge is -2.37. The molecule has 4 rings (SSSR count). The molecule has 0 aromatic heterocycles. The number of piperazine rings is 1. The minimum atomic E-state index is -0.598. The first-order valence-electron chi connectivity index (χ1n) is 11.4. The van der Waals surface area contributed by atoms with Gasteiger partial charge in [0, 0.05) is 44.7 Å². The van der Waals surface area contributed by atoms with E-state index in [1.165, 1.54) is 0 Å². The lowest BCUT2D eigenvalue weighted by molar-refractivity contribution is -0.132. The highest BCUT2D eigenvalue weighted by Crippen LogP contribution is 2.48. The predicted molar refractivity (Wildman–Crippen MR) is 123 cm³/mol. The van der Waals surface area contributed by atoms with Gasteiger partial charge < -0.3 is 14.7 Å². The number of carbonyl (C=O) groups excluding carboxylic acids is 1. The summed E-state index contributed by atoms with van der Waals surface area (Å²) in [6, 6.07) is 21.2. The Labute approximate surface area is 181 Å². The second-order valence-electron chi connectivity index (χ2n) is 9.22. The molecule has 4 nitrogen and oxygen atoms in total. The van der Waals surface area contributed by atoms with Crippen LogP contribution >= 0.6 is 0 Å². The lowest BCUT2D eigenvalue weighted by Crippen LogP contribution is -2.46. The van der Waals surface area contributed by atoms with Gasteiger partial charge in [0.05, 0.1) is 0 Å². The Morgan fingerprint density at radius 2 is 1.43 bits per heavy atom. The molecule has 2 aliphatic heterocycles. The monoisotopic (exact) mass is 405 g/mol. The van der Waals surface area contributed by atoms with Crippen LogP contribution in [-0.2, 0) is 10.2 Å². The second kappa shape index (κ2) is 8.91. The second-order valence-corrected chi connectivity index (χ2v) is 9.22. The molecule has 2 heterocycles. The number of likely N-dealkylation sites (tertiary alicyclic amines) is 1. The summed E-state index contributed by atoms with van der Waals surface area (Å²) in [4.78, 5) is 21.2. The highest BCUT2D eigenvalue weighted by molar-refractivity contribution is 5.95. The van der Waals surface area contributed by atoms with Crippen LogP contribution in [0.25, 0.3) is 0 Å². The maximum atomic E-state index is 14.1. The molecule has 0 saturated carbocycles. The van der Waals surface area contributed by atoms with Crippen molar-refractivity contribution in [1.29, 1.82) is 0 Å². The Kier molecular flexibility index (Phi) is 6.26. The van der Waals surface area contributed by atoms with E-state index in [0.29, 0.717) is 0 Å². The zero-order valence-corrected chi connectivity index (χ0v) is 18.6. The fourth-order valence-corrected chi connectivity index (χ4v) is 5.31. The number of rotatable bonds is 6. The van der Waals surface area contributed by atoms with Crippen LogP contribution in [-0.4, -0.2) is 73.0 Å². The number of carbonyl (C=O) groups is 1. The van der Waals surface area contributed by atoms with Gasteiger partial charge in [-0.2, -0.15) is 0 Å². The molecular weight excluding hydrogens is 370 g/mol. The van der Waals surface area contributed by atoms with Crippen molar-refractivity contribution in [2.45, 2.75) is 31.7 Å². The maximum absolute atomic E-state index is 14.1. The van der Waals surface area contributed by atoms with Crippen molar-refractivity contribution in [3.8, 4) is 0 Å². The molecule has 0 aliphatic carbocycles. The summed E-state index contributed by atoms with van der Waals surface area (Å²) in [5, 5.41) is 0. The Hall–Kier alpha value is -2.17. The van der Waals surface area contributed by atoms with Gasteiger partial charge in [0.15, 0.2) is 0 Å².